The second-order valence-electron chi connectivity index (χ2n) is 6.70. The van der Waals surface area contributed by atoms with E-state index in [1.54, 1.807) is 0 Å². The van der Waals surface area contributed by atoms with Gasteiger partial charge in [0.1, 0.15) is 0 Å². The number of anilines is 1. The Morgan fingerprint density at radius 3 is 2.74 bits per heavy atom. The Morgan fingerprint density at radius 2 is 2.04 bits per heavy atom. The number of nitrogens with two attached hydrogens (primary N) is 1. The van der Waals surface area contributed by atoms with Crippen molar-refractivity contribution in [3.63, 3.8) is 0 Å². The first kappa shape index (κ1) is 20.2. The molecule has 1 aliphatic rings. The van der Waals surface area contributed by atoms with Crippen molar-refractivity contribution in [1.29, 1.82) is 0 Å². The Hall–Kier alpha value is -0.820. The molecule has 23 heavy (non-hydrogen) atoms. The normalized spacial score (nSPS) is 15.2. The summed E-state index contributed by atoms with van der Waals surface area (Å²) in [6, 6.07) is 6.45. The third-order valence-electron chi connectivity index (χ3n) is 4.23. The Morgan fingerprint density at radius 1 is 1.30 bits per heavy atom. The van der Waals surface area contributed by atoms with Gasteiger partial charge in [-0.05, 0) is 67.2 Å². The number of fused-ring (bicyclic) bond motifs is 1. The number of nitrogens with zero attached hydrogens (tertiary/aromatic N) is 1. The quantitative estimate of drug-likeness (QED) is 0.351. The van der Waals surface area contributed by atoms with Crippen LogP contribution < -0.4 is 11.1 Å². The van der Waals surface area contributed by atoms with E-state index < -0.39 is 0 Å². The van der Waals surface area contributed by atoms with Crippen molar-refractivity contribution in [2.45, 2.75) is 46.0 Å². The number of hydrogen-bond donors (Lipinski definition) is 3. The van der Waals surface area contributed by atoms with E-state index in [1.807, 2.05) is 0 Å². The van der Waals surface area contributed by atoms with Gasteiger partial charge >= 0.3 is 0 Å². The predicted octanol–water partition coefficient (Wildman–Crippen LogP) is 3.56. The molecule has 0 heterocycles. The lowest BCUT2D eigenvalue weighted by Gasteiger charge is -2.16. The Labute approximate surface area is 157 Å². The molecule has 0 saturated carbocycles. The minimum atomic E-state index is 0. The van der Waals surface area contributed by atoms with Gasteiger partial charge in [-0.25, -0.2) is 0 Å². The molecule has 4 nitrogen and oxygen atoms in total. The lowest BCUT2D eigenvalue weighted by Crippen LogP contribution is -2.24. The van der Waals surface area contributed by atoms with Gasteiger partial charge in [0, 0.05) is 18.8 Å². The highest BCUT2D eigenvalue weighted by atomic mass is 127. The monoisotopic (exact) mass is 431 g/mol. The summed E-state index contributed by atoms with van der Waals surface area (Å²) in [6.07, 6.45) is 5.45. The van der Waals surface area contributed by atoms with E-state index in [1.165, 1.54) is 24.0 Å². The average molecular weight is 431 g/mol. The minimum Gasteiger partial charge on any atom is -0.396 e. The van der Waals surface area contributed by atoms with Crippen molar-refractivity contribution < 1.29 is 5.11 Å². The molecule has 1 aliphatic carbocycles. The first-order chi connectivity index (χ1) is 10.6. The molecular weight excluding hydrogens is 401 g/mol. The molecule has 4 N–H and O–H groups in total. The van der Waals surface area contributed by atoms with E-state index in [4.69, 9.17) is 10.8 Å². The van der Waals surface area contributed by atoms with Crippen molar-refractivity contribution in [3.8, 4) is 0 Å². The second-order valence-corrected chi connectivity index (χ2v) is 6.70. The Bertz CT molecular complexity index is 517. The standard InChI is InChI=1S/C18H29N3O.HI/c1-13(2)10-14(8-9-22)12-20-18(19)21-17-7-6-15-4-3-5-16(15)11-17;/h6-7,11,13-14,22H,3-5,8-10,12H2,1-2H3,(H3,19,20,21);1H. The lowest BCUT2D eigenvalue weighted by atomic mass is 9.94. The molecule has 1 aromatic rings. The number of benzene rings is 1. The molecule has 0 aromatic heterocycles. The van der Waals surface area contributed by atoms with Crippen LogP contribution in [0.15, 0.2) is 23.2 Å². The zero-order chi connectivity index (χ0) is 15.9. The average Bonchev–Trinajstić information content (AvgIpc) is 2.92. The fourth-order valence-electron chi connectivity index (χ4n) is 3.20. The van der Waals surface area contributed by atoms with Gasteiger partial charge < -0.3 is 16.2 Å². The zero-order valence-corrected chi connectivity index (χ0v) is 16.5. The van der Waals surface area contributed by atoms with Crippen LogP contribution in [0.4, 0.5) is 5.69 Å². The zero-order valence-electron chi connectivity index (χ0n) is 14.2. The molecule has 0 radical (unpaired) electrons. The number of aliphatic hydroxyl groups is 1. The van der Waals surface area contributed by atoms with Crippen molar-refractivity contribution in [3.05, 3.63) is 29.3 Å². The first-order valence-corrected chi connectivity index (χ1v) is 8.38. The summed E-state index contributed by atoms with van der Waals surface area (Å²) >= 11 is 0. The molecule has 0 spiro atoms. The molecule has 0 fully saturated rings. The van der Waals surface area contributed by atoms with Crippen LogP contribution in [0.2, 0.25) is 0 Å². The number of hydrogen-bond acceptors (Lipinski definition) is 2. The lowest BCUT2D eigenvalue weighted by molar-refractivity contribution is 0.246. The number of aliphatic imine (C=N–C) groups is 1. The maximum atomic E-state index is 9.14. The summed E-state index contributed by atoms with van der Waals surface area (Å²) in [6.45, 7) is 5.27. The predicted molar refractivity (Wildman–Crippen MR) is 109 cm³/mol. The van der Waals surface area contributed by atoms with Crippen molar-refractivity contribution in [2.24, 2.45) is 22.6 Å². The number of nitrogens with one attached hydrogen (secondary N) is 1. The molecule has 0 saturated heterocycles. The second kappa shape index (κ2) is 10.1. The van der Waals surface area contributed by atoms with Gasteiger partial charge in [0.2, 0.25) is 0 Å². The SMILES string of the molecule is CC(C)CC(CCO)CN=C(N)Nc1ccc2c(c1)CCC2.I. The van der Waals surface area contributed by atoms with E-state index in [9.17, 15) is 0 Å². The summed E-state index contributed by atoms with van der Waals surface area (Å²) in [5.41, 5.74) is 9.91. The van der Waals surface area contributed by atoms with Gasteiger partial charge in [-0.15, -0.1) is 24.0 Å². The molecule has 1 aromatic carbocycles. The van der Waals surface area contributed by atoms with E-state index >= 15 is 0 Å². The molecular formula is C18H30IN3O. The molecule has 130 valence electrons. The fraction of sp³-hybridized carbons (Fsp3) is 0.611. The van der Waals surface area contributed by atoms with Crippen LogP contribution >= 0.6 is 24.0 Å². The van der Waals surface area contributed by atoms with Gasteiger partial charge in [0.05, 0.1) is 0 Å². The molecule has 0 bridgehead atoms. The molecule has 1 atom stereocenters. The van der Waals surface area contributed by atoms with Crippen LogP contribution in [0, 0.1) is 11.8 Å². The van der Waals surface area contributed by atoms with Crippen molar-refractivity contribution in [1.82, 2.24) is 0 Å². The first-order valence-electron chi connectivity index (χ1n) is 8.38. The number of aliphatic hydroxyl groups excluding tert-OH is 1. The third-order valence-corrected chi connectivity index (χ3v) is 4.23. The highest BCUT2D eigenvalue weighted by molar-refractivity contribution is 14.0. The summed E-state index contributed by atoms with van der Waals surface area (Å²) in [5, 5.41) is 12.3. The highest BCUT2D eigenvalue weighted by Gasteiger charge is 2.12. The Kier molecular flexibility index (Phi) is 8.91. The number of halogens is 1. The van der Waals surface area contributed by atoms with Crippen LogP contribution in [-0.4, -0.2) is 24.2 Å². The van der Waals surface area contributed by atoms with Crippen LogP contribution in [-0.2, 0) is 12.8 Å². The van der Waals surface area contributed by atoms with E-state index in [0.29, 0.717) is 24.3 Å². The fourth-order valence-corrected chi connectivity index (χ4v) is 3.20. The van der Waals surface area contributed by atoms with Gasteiger partial charge in [-0.2, -0.15) is 0 Å². The van der Waals surface area contributed by atoms with Gasteiger partial charge in [0.25, 0.3) is 0 Å². The van der Waals surface area contributed by atoms with Crippen LogP contribution in [0.3, 0.4) is 0 Å². The van der Waals surface area contributed by atoms with Gasteiger partial charge in [0.15, 0.2) is 5.96 Å². The van der Waals surface area contributed by atoms with E-state index in [0.717, 1.165) is 24.9 Å². The number of rotatable bonds is 7. The molecule has 5 heteroatoms. The smallest absolute Gasteiger partial charge is 0.193 e. The van der Waals surface area contributed by atoms with Gasteiger partial charge in [-0.1, -0.05) is 19.9 Å². The molecule has 0 aliphatic heterocycles. The molecule has 2 rings (SSSR count). The summed E-state index contributed by atoms with van der Waals surface area (Å²) in [4.78, 5) is 4.46. The third kappa shape index (κ3) is 6.67. The summed E-state index contributed by atoms with van der Waals surface area (Å²) in [5.74, 6) is 1.47. The van der Waals surface area contributed by atoms with Crippen LogP contribution in [0.25, 0.3) is 0 Å². The number of aryl methyl sites for hydroxylation is 2. The largest absolute Gasteiger partial charge is 0.396 e. The van der Waals surface area contributed by atoms with Crippen LogP contribution in [0.5, 0.6) is 0 Å². The van der Waals surface area contributed by atoms with E-state index in [-0.39, 0.29) is 30.6 Å². The maximum Gasteiger partial charge on any atom is 0.193 e. The van der Waals surface area contributed by atoms with Gasteiger partial charge in [-0.3, -0.25) is 4.99 Å². The Balaban J connectivity index is 0.00000264. The maximum absolute atomic E-state index is 9.14. The van der Waals surface area contributed by atoms with Crippen molar-refractivity contribution >= 4 is 35.6 Å². The summed E-state index contributed by atoms with van der Waals surface area (Å²) < 4.78 is 0. The minimum absolute atomic E-state index is 0. The highest BCUT2D eigenvalue weighted by Crippen LogP contribution is 2.24. The molecule has 0 amide bonds. The summed E-state index contributed by atoms with van der Waals surface area (Å²) in [7, 11) is 0. The van der Waals surface area contributed by atoms with E-state index in [2.05, 4.69) is 42.4 Å². The molecule has 1 unspecified atom stereocenters. The van der Waals surface area contributed by atoms with Crippen LogP contribution in [0.1, 0.15) is 44.2 Å². The van der Waals surface area contributed by atoms with Crippen molar-refractivity contribution in [2.75, 3.05) is 18.5 Å². The topological polar surface area (TPSA) is 70.6 Å². The number of guanidine groups is 1.